The lowest BCUT2D eigenvalue weighted by Gasteiger charge is -1.94. The van der Waals surface area contributed by atoms with Crippen LogP contribution in [0.3, 0.4) is 0 Å². The van der Waals surface area contributed by atoms with E-state index in [1.807, 2.05) is 0 Å². The smallest absolute Gasteiger partial charge is 0.219 e. The van der Waals surface area contributed by atoms with Crippen LogP contribution in [0, 0.1) is 0 Å². The maximum Gasteiger partial charge on any atom is 0.219 e. The molecular weight excluding hydrogens is 212 g/mol. The lowest BCUT2D eigenvalue weighted by molar-refractivity contribution is -0.118. The first-order chi connectivity index (χ1) is 5.18. The topological polar surface area (TPSA) is 73.8 Å². The van der Waals surface area contributed by atoms with Crippen molar-refractivity contribution in [2.45, 2.75) is 13.0 Å². The first-order valence-corrected chi connectivity index (χ1v) is 3.81. The van der Waals surface area contributed by atoms with Crippen molar-refractivity contribution in [3.8, 4) is 0 Å². The van der Waals surface area contributed by atoms with E-state index < -0.39 is 0 Å². The molecule has 0 saturated heterocycles. The van der Waals surface area contributed by atoms with Crippen LogP contribution in [0.5, 0.6) is 0 Å². The molecule has 0 fully saturated rings. The molecule has 0 aromatic carbocycles. The maximum atomic E-state index is 10.3. The molecule has 1 heterocycles. The molecule has 5 nitrogen and oxygen atoms in total. The SMILES string of the molecule is NC(=O)CCn1cnc(Br)n1. The predicted molar refractivity (Wildman–Crippen MR) is 41.5 cm³/mol. The molecule has 0 bridgehead atoms. The van der Waals surface area contributed by atoms with Gasteiger partial charge in [-0.3, -0.25) is 9.48 Å². The Hall–Kier alpha value is -0.910. The molecule has 0 unspecified atom stereocenters. The summed E-state index contributed by atoms with van der Waals surface area (Å²) in [6.07, 6.45) is 1.82. The van der Waals surface area contributed by atoms with Crippen LogP contribution in [0.4, 0.5) is 0 Å². The van der Waals surface area contributed by atoms with E-state index in [1.165, 1.54) is 6.33 Å². The molecule has 0 atom stereocenters. The van der Waals surface area contributed by atoms with Crippen molar-refractivity contribution in [1.29, 1.82) is 0 Å². The van der Waals surface area contributed by atoms with Crippen molar-refractivity contribution in [2.24, 2.45) is 5.73 Å². The standard InChI is InChI=1S/C5H7BrN4O/c6-5-8-3-10(9-5)2-1-4(7)11/h3H,1-2H2,(H2,7,11). The van der Waals surface area contributed by atoms with Crippen LogP contribution in [0.2, 0.25) is 0 Å². The van der Waals surface area contributed by atoms with Crippen molar-refractivity contribution in [3.05, 3.63) is 11.1 Å². The first-order valence-electron chi connectivity index (χ1n) is 3.02. The van der Waals surface area contributed by atoms with Crippen LogP contribution in [0.25, 0.3) is 0 Å². The van der Waals surface area contributed by atoms with Crippen LogP contribution in [-0.4, -0.2) is 20.7 Å². The quantitative estimate of drug-likeness (QED) is 0.772. The summed E-state index contributed by atoms with van der Waals surface area (Å²) >= 11 is 3.08. The van der Waals surface area contributed by atoms with E-state index in [1.54, 1.807) is 4.68 Å². The summed E-state index contributed by atoms with van der Waals surface area (Å²) in [5.74, 6) is -0.336. The molecule has 1 aromatic heterocycles. The number of aromatic nitrogens is 3. The number of halogens is 1. The van der Waals surface area contributed by atoms with Gasteiger partial charge in [0.25, 0.3) is 0 Å². The van der Waals surface area contributed by atoms with Crippen molar-refractivity contribution in [1.82, 2.24) is 14.8 Å². The molecule has 60 valence electrons. The zero-order valence-electron chi connectivity index (χ0n) is 5.70. The average Bonchev–Trinajstić information content (AvgIpc) is 2.31. The molecule has 1 amide bonds. The Balaban J connectivity index is 2.45. The number of hydrogen-bond acceptors (Lipinski definition) is 3. The van der Waals surface area contributed by atoms with Crippen LogP contribution in [0.15, 0.2) is 11.1 Å². The number of hydrogen-bond donors (Lipinski definition) is 1. The van der Waals surface area contributed by atoms with E-state index in [4.69, 9.17) is 5.73 Å². The highest BCUT2D eigenvalue weighted by atomic mass is 79.9. The number of amides is 1. The zero-order chi connectivity index (χ0) is 8.27. The van der Waals surface area contributed by atoms with Gasteiger partial charge in [0.1, 0.15) is 6.33 Å². The normalized spacial score (nSPS) is 9.91. The number of aryl methyl sites for hydroxylation is 1. The number of rotatable bonds is 3. The van der Waals surface area contributed by atoms with E-state index in [-0.39, 0.29) is 12.3 Å². The molecule has 0 radical (unpaired) electrons. The van der Waals surface area contributed by atoms with Crippen LogP contribution in [0.1, 0.15) is 6.42 Å². The van der Waals surface area contributed by atoms with Crippen molar-refractivity contribution in [2.75, 3.05) is 0 Å². The molecular formula is C5H7BrN4O. The average molecular weight is 219 g/mol. The van der Waals surface area contributed by atoms with Gasteiger partial charge in [-0.1, -0.05) is 0 Å². The van der Waals surface area contributed by atoms with Gasteiger partial charge in [0.05, 0.1) is 6.54 Å². The lowest BCUT2D eigenvalue weighted by atomic mass is 10.4. The Kier molecular flexibility index (Phi) is 2.58. The number of carbonyl (C=O) groups excluding carboxylic acids is 1. The molecule has 0 spiro atoms. The van der Waals surface area contributed by atoms with E-state index in [0.717, 1.165) is 0 Å². The second-order valence-electron chi connectivity index (χ2n) is 1.99. The second kappa shape index (κ2) is 3.47. The molecule has 1 rings (SSSR count). The molecule has 2 N–H and O–H groups in total. The molecule has 0 saturated carbocycles. The number of nitrogens with zero attached hydrogens (tertiary/aromatic N) is 3. The Bertz CT molecular complexity index is 259. The van der Waals surface area contributed by atoms with Gasteiger partial charge >= 0.3 is 0 Å². The lowest BCUT2D eigenvalue weighted by Crippen LogP contribution is -2.14. The minimum Gasteiger partial charge on any atom is -0.370 e. The monoisotopic (exact) mass is 218 g/mol. The van der Waals surface area contributed by atoms with Gasteiger partial charge in [0.2, 0.25) is 10.6 Å². The van der Waals surface area contributed by atoms with Gasteiger partial charge in [-0.05, 0) is 15.9 Å². The fourth-order valence-corrected chi connectivity index (χ4v) is 0.900. The predicted octanol–water partition coefficient (Wildman–Crippen LogP) is -0.0840. The largest absolute Gasteiger partial charge is 0.370 e. The van der Waals surface area contributed by atoms with Gasteiger partial charge in [0.15, 0.2) is 0 Å². The fraction of sp³-hybridized carbons (Fsp3) is 0.400. The highest BCUT2D eigenvalue weighted by Gasteiger charge is 1.98. The molecule has 11 heavy (non-hydrogen) atoms. The maximum absolute atomic E-state index is 10.3. The van der Waals surface area contributed by atoms with Crippen LogP contribution < -0.4 is 5.73 Å². The Morgan fingerprint density at radius 1 is 1.82 bits per heavy atom. The van der Waals surface area contributed by atoms with E-state index in [0.29, 0.717) is 11.3 Å². The van der Waals surface area contributed by atoms with Gasteiger partial charge in [-0.2, -0.15) is 0 Å². The van der Waals surface area contributed by atoms with E-state index >= 15 is 0 Å². The van der Waals surface area contributed by atoms with Crippen molar-refractivity contribution in [3.63, 3.8) is 0 Å². The van der Waals surface area contributed by atoms with Gasteiger partial charge in [-0.25, -0.2) is 4.98 Å². The summed E-state index contributed by atoms with van der Waals surface area (Å²) < 4.78 is 2.07. The highest BCUT2D eigenvalue weighted by Crippen LogP contribution is 1.98. The molecule has 6 heteroatoms. The summed E-state index contributed by atoms with van der Waals surface area (Å²) in [6.45, 7) is 0.480. The Morgan fingerprint density at radius 3 is 3.00 bits per heavy atom. The number of primary amides is 1. The van der Waals surface area contributed by atoms with Gasteiger partial charge in [0, 0.05) is 6.42 Å². The molecule has 0 aliphatic rings. The number of nitrogens with two attached hydrogens (primary N) is 1. The van der Waals surface area contributed by atoms with E-state index in [2.05, 4.69) is 26.0 Å². The zero-order valence-corrected chi connectivity index (χ0v) is 7.28. The Labute approximate surface area is 71.7 Å². The molecule has 0 aliphatic carbocycles. The van der Waals surface area contributed by atoms with Crippen molar-refractivity contribution >= 4 is 21.8 Å². The fourth-order valence-electron chi connectivity index (χ4n) is 0.604. The third-order valence-corrected chi connectivity index (χ3v) is 1.46. The van der Waals surface area contributed by atoms with Crippen LogP contribution >= 0.6 is 15.9 Å². The van der Waals surface area contributed by atoms with Gasteiger partial charge in [-0.15, -0.1) is 5.10 Å². The van der Waals surface area contributed by atoms with Crippen LogP contribution in [-0.2, 0) is 11.3 Å². The van der Waals surface area contributed by atoms with Gasteiger partial charge < -0.3 is 5.73 Å². The summed E-state index contributed by atoms with van der Waals surface area (Å²) in [4.78, 5) is 14.1. The first kappa shape index (κ1) is 8.19. The second-order valence-corrected chi connectivity index (χ2v) is 2.70. The molecule has 0 aliphatic heterocycles. The van der Waals surface area contributed by atoms with E-state index in [9.17, 15) is 4.79 Å². The Morgan fingerprint density at radius 2 is 2.55 bits per heavy atom. The third-order valence-electron chi connectivity index (χ3n) is 1.10. The summed E-state index contributed by atoms with van der Waals surface area (Å²) in [5, 5.41) is 3.90. The third kappa shape index (κ3) is 2.67. The minimum atomic E-state index is -0.336. The summed E-state index contributed by atoms with van der Waals surface area (Å²) in [5.41, 5.74) is 4.93. The molecule has 1 aromatic rings. The van der Waals surface area contributed by atoms with Crippen molar-refractivity contribution < 1.29 is 4.79 Å². The minimum absolute atomic E-state index is 0.287. The summed E-state index contributed by atoms with van der Waals surface area (Å²) in [6, 6.07) is 0. The summed E-state index contributed by atoms with van der Waals surface area (Å²) in [7, 11) is 0. The highest BCUT2D eigenvalue weighted by molar-refractivity contribution is 9.10. The number of carbonyl (C=O) groups is 1.